The van der Waals surface area contributed by atoms with Gasteiger partial charge in [-0.2, -0.15) is 5.26 Å². The first-order valence-corrected chi connectivity index (χ1v) is 10.0. The molecule has 5 nitrogen and oxygen atoms in total. The van der Waals surface area contributed by atoms with Crippen LogP contribution < -0.4 is 15.4 Å². The topological polar surface area (TPSA) is 74.1 Å². The Hall–Kier alpha value is -2.97. The number of ether oxygens (including phenoxy) is 1. The Morgan fingerprint density at radius 3 is 2.69 bits per heavy atom. The Morgan fingerprint density at radius 2 is 1.97 bits per heavy atom. The van der Waals surface area contributed by atoms with Crippen LogP contribution >= 0.6 is 11.6 Å². The van der Waals surface area contributed by atoms with Crippen molar-refractivity contribution >= 4 is 23.2 Å². The molecule has 0 spiro atoms. The number of nitriles is 1. The van der Waals surface area contributed by atoms with E-state index >= 15 is 0 Å². The van der Waals surface area contributed by atoms with Gasteiger partial charge in [-0.15, -0.1) is 0 Å². The number of aryl methyl sites for hydroxylation is 2. The van der Waals surface area contributed by atoms with E-state index in [1.54, 1.807) is 18.2 Å². The number of hydrogen-bond donors (Lipinski definition) is 2. The molecule has 0 aliphatic heterocycles. The highest BCUT2D eigenvalue weighted by Crippen LogP contribution is 2.28. The summed E-state index contributed by atoms with van der Waals surface area (Å²) in [5.41, 5.74) is 4.34. The number of nitrogens with one attached hydrogen (secondary N) is 2. The molecule has 0 saturated heterocycles. The van der Waals surface area contributed by atoms with Crippen LogP contribution in [0.25, 0.3) is 0 Å². The number of benzene rings is 2. The van der Waals surface area contributed by atoms with Crippen LogP contribution in [0.3, 0.4) is 0 Å². The first kappa shape index (κ1) is 20.8. The summed E-state index contributed by atoms with van der Waals surface area (Å²) in [7, 11) is 1.50. The molecule has 2 aromatic carbocycles. The van der Waals surface area contributed by atoms with Crippen LogP contribution in [0.1, 0.15) is 42.5 Å². The Bertz CT molecular complexity index is 979. The molecule has 0 heterocycles. The van der Waals surface area contributed by atoms with Crippen molar-refractivity contribution in [3.8, 4) is 11.8 Å². The lowest BCUT2D eigenvalue weighted by molar-refractivity contribution is -0.112. The van der Waals surface area contributed by atoms with Gasteiger partial charge in [-0.1, -0.05) is 29.8 Å². The number of methoxy groups -OCH3 is 1. The Balaban J connectivity index is 1.70. The number of carbonyl (C=O) groups excluding carboxylic acids is 1. The van der Waals surface area contributed by atoms with Gasteiger partial charge < -0.3 is 15.4 Å². The van der Waals surface area contributed by atoms with Gasteiger partial charge in [0.15, 0.2) is 0 Å². The lowest BCUT2D eigenvalue weighted by Gasteiger charge is -2.19. The Labute approximate surface area is 176 Å². The average molecular weight is 410 g/mol. The molecular weight excluding hydrogens is 386 g/mol. The van der Waals surface area contributed by atoms with E-state index in [1.807, 2.05) is 13.0 Å². The fourth-order valence-corrected chi connectivity index (χ4v) is 3.62. The van der Waals surface area contributed by atoms with Gasteiger partial charge in [0.1, 0.15) is 17.4 Å². The zero-order valence-corrected chi connectivity index (χ0v) is 17.3. The minimum Gasteiger partial charge on any atom is -0.495 e. The number of rotatable bonds is 6. The first-order valence-electron chi connectivity index (χ1n) is 9.64. The van der Waals surface area contributed by atoms with Crippen molar-refractivity contribution in [1.29, 1.82) is 5.26 Å². The maximum absolute atomic E-state index is 12.5. The largest absolute Gasteiger partial charge is 0.495 e. The molecule has 0 radical (unpaired) electrons. The summed E-state index contributed by atoms with van der Waals surface area (Å²) in [6.07, 6.45) is 6.18. The van der Waals surface area contributed by atoms with E-state index in [2.05, 4.69) is 28.8 Å². The van der Waals surface area contributed by atoms with Crippen LogP contribution in [0.2, 0.25) is 5.02 Å². The lowest BCUT2D eigenvalue weighted by Crippen LogP contribution is -2.19. The maximum atomic E-state index is 12.5. The van der Waals surface area contributed by atoms with Gasteiger partial charge in [0.05, 0.1) is 12.8 Å². The van der Waals surface area contributed by atoms with Crippen molar-refractivity contribution in [1.82, 2.24) is 5.32 Å². The van der Waals surface area contributed by atoms with Crippen LogP contribution in [0.5, 0.6) is 5.75 Å². The molecule has 0 saturated carbocycles. The predicted molar refractivity (Wildman–Crippen MR) is 115 cm³/mol. The molecule has 29 heavy (non-hydrogen) atoms. The van der Waals surface area contributed by atoms with E-state index in [0.717, 1.165) is 18.4 Å². The van der Waals surface area contributed by atoms with Gasteiger partial charge in [0, 0.05) is 17.3 Å². The van der Waals surface area contributed by atoms with E-state index in [4.69, 9.17) is 16.3 Å². The molecule has 1 amide bonds. The van der Waals surface area contributed by atoms with E-state index < -0.39 is 5.91 Å². The summed E-state index contributed by atoms with van der Waals surface area (Å²) in [5.74, 6) is -0.0615. The third kappa shape index (κ3) is 5.10. The number of nitrogens with zero attached hydrogens (tertiary/aromatic N) is 1. The number of anilines is 1. The highest BCUT2D eigenvalue weighted by Gasteiger charge is 2.15. The van der Waals surface area contributed by atoms with E-state index in [1.165, 1.54) is 37.3 Å². The van der Waals surface area contributed by atoms with Crippen molar-refractivity contribution in [2.24, 2.45) is 0 Å². The molecular formula is C23H24ClN3O2. The van der Waals surface area contributed by atoms with Crippen LogP contribution in [0.15, 0.2) is 48.2 Å². The number of halogens is 1. The molecule has 1 atom stereocenters. The zero-order chi connectivity index (χ0) is 20.8. The SMILES string of the molecule is COc1ccc(Cl)cc1NC(=O)/C(C#N)=C\NC(C)c1ccc2c(c1)CCCC2. The zero-order valence-electron chi connectivity index (χ0n) is 16.6. The van der Waals surface area contributed by atoms with Crippen molar-refractivity contribution in [2.75, 3.05) is 12.4 Å². The molecule has 6 heteroatoms. The van der Waals surface area contributed by atoms with Crippen molar-refractivity contribution < 1.29 is 9.53 Å². The molecule has 0 fully saturated rings. The number of hydrogen-bond acceptors (Lipinski definition) is 4. The molecule has 0 aromatic heterocycles. The summed E-state index contributed by atoms with van der Waals surface area (Å²) in [5, 5.41) is 15.7. The van der Waals surface area contributed by atoms with Crippen LogP contribution in [0.4, 0.5) is 5.69 Å². The van der Waals surface area contributed by atoms with Crippen molar-refractivity contribution in [3.05, 3.63) is 69.9 Å². The number of carbonyl (C=O) groups is 1. The van der Waals surface area contributed by atoms with Gasteiger partial charge in [-0.25, -0.2) is 0 Å². The quantitative estimate of drug-likeness (QED) is 0.524. The van der Waals surface area contributed by atoms with Gasteiger partial charge >= 0.3 is 0 Å². The van der Waals surface area contributed by atoms with E-state index in [0.29, 0.717) is 16.5 Å². The second-order valence-corrected chi connectivity index (χ2v) is 7.53. The predicted octanol–water partition coefficient (Wildman–Crippen LogP) is 4.92. The summed E-state index contributed by atoms with van der Waals surface area (Å²) in [6, 6.07) is 13.3. The van der Waals surface area contributed by atoms with Gasteiger partial charge in [0.25, 0.3) is 5.91 Å². The molecule has 3 rings (SSSR count). The molecule has 2 N–H and O–H groups in total. The minimum atomic E-state index is -0.529. The average Bonchev–Trinajstić information content (AvgIpc) is 2.73. The molecule has 1 unspecified atom stereocenters. The lowest BCUT2D eigenvalue weighted by atomic mass is 9.89. The molecule has 1 aliphatic carbocycles. The summed E-state index contributed by atoms with van der Waals surface area (Å²) in [4.78, 5) is 12.5. The summed E-state index contributed by atoms with van der Waals surface area (Å²) >= 11 is 5.99. The van der Waals surface area contributed by atoms with Crippen LogP contribution in [-0.2, 0) is 17.6 Å². The molecule has 150 valence electrons. The Kier molecular flexibility index (Phi) is 6.79. The molecule has 2 aromatic rings. The minimum absolute atomic E-state index is 0.0286. The second kappa shape index (κ2) is 9.49. The van der Waals surface area contributed by atoms with Crippen molar-refractivity contribution in [2.45, 2.75) is 38.6 Å². The molecule has 1 aliphatic rings. The molecule has 0 bridgehead atoms. The highest BCUT2D eigenvalue weighted by atomic mass is 35.5. The monoisotopic (exact) mass is 409 g/mol. The summed E-state index contributed by atoms with van der Waals surface area (Å²) in [6.45, 7) is 2.01. The maximum Gasteiger partial charge on any atom is 0.267 e. The van der Waals surface area contributed by atoms with Gasteiger partial charge in [-0.3, -0.25) is 4.79 Å². The number of fused-ring (bicyclic) bond motifs is 1. The fourth-order valence-electron chi connectivity index (χ4n) is 3.44. The van der Waals surface area contributed by atoms with Gasteiger partial charge in [-0.05, 0) is 67.5 Å². The highest BCUT2D eigenvalue weighted by molar-refractivity contribution is 6.31. The fraction of sp³-hybridized carbons (Fsp3) is 0.304. The third-order valence-electron chi connectivity index (χ3n) is 5.13. The normalized spacial score (nSPS) is 14.3. The van der Waals surface area contributed by atoms with Crippen LogP contribution in [-0.4, -0.2) is 13.0 Å². The Morgan fingerprint density at radius 1 is 1.21 bits per heavy atom. The summed E-state index contributed by atoms with van der Waals surface area (Å²) < 4.78 is 5.22. The standard InChI is InChI=1S/C23H24ClN3O2/c1-15(17-8-7-16-5-3-4-6-18(16)11-17)26-14-19(13-25)23(28)27-21-12-20(24)9-10-22(21)29-2/h7-12,14-15,26H,3-6H2,1-2H3,(H,27,28)/b19-14-. The second-order valence-electron chi connectivity index (χ2n) is 7.09. The third-order valence-corrected chi connectivity index (χ3v) is 5.36. The van der Waals surface area contributed by atoms with E-state index in [-0.39, 0.29) is 11.6 Å². The van der Waals surface area contributed by atoms with E-state index in [9.17, 15) is 10.1 Å². The smallest absolute Gasteiger partial charge is 0.267 e. The number of amides is 1. The van der Waals surface area contributed by atoms with Crippen LogP contribution in [0, 0.1) is 11.3 Å². The van der Waals surface area contributed by atoms with Gasteiger partial charge in [0.2, 0.25) is 0 Å². The van der Waals surface area contributed by atoms with Crippen molar-refractivity contribution in [3.63, 3.8) is 0 Å². The first-order chi connectivity index (χ1) is 14.0.